The van der Waals surface area contributed by atoms with Crippen LogP contribution in [0.5, 0.6) is 0 Å². The van der Waals surface area contributed by atoms with Crippen LogP contribution in [0.3, 0.4) is 0 Å². The van der Waals surface area contributed by atoms with Crippen LogP contribution in [0.1, 0.15) is 68.4 Å². The molecule has 266 valence electrons. The third-order valence-corrected chi connectivity index (χ3v) is 11.7. The number of halogens is 1. The Labute approximate surface area is 324 Å². The fourth-order valence-electron chi connectivity index (χ4n) is 8.66. The Morgan fingerprint density at radius 3 is 1.89 bits per heavy atom. The number of hydrogen-bond acceptors (Lipinski definition) is 1. The number of fused-ring (bicyclic) bond motifs is 2. The minimum Gasteiger partial charge on any atom is -0.456 e. The molecule has 54 heavy (non-hydrogen) atoms. The lowest BCUT2D eigenvalue weighted by Gasteiger charge is -2.32. The Morgan fingerprint density at radius 1 is 0.611 bits per heavy atom. The quantitative estimate of drug-likeness (QED) is 0.163. The molecule has 1 aliphatic heterocycles. The van der Waals surface area contributed by atoms with E-state index in [0.29, 0.717) is 11.8 Å². The van der Waals surface area contributed by atoms with E-state index < -0.39 is 0 Å². The predicted octanol–water partition coefficient (Wildman–Crippen LogP) is 14.3. The van der Waals surface area contributed by atoms with Crippen molar-refractivity contribution >= 4 is 28.5 Å². The van der Waals surface area contributed by atoms with Gasteiger partial charge in [0.1, 0.15) is 11.5 Å². The smallest absolute Gasteiger partial charge is 0.361 e. The van der Waals surface area contributed by atoms with Crippen LogP contribution in [0.15, 0.2) is 183 Å². The van der Waals surface area contributed by atoms with Crippen molar-refractivity contribution in [1.29, 1.82) is 0 Å². The summed E-state index contributed by atoms with van der Waals surface area (Å²) in [5.74, 6) is 4.72. The maximum atomic E-state index is 7.41. The van der Waals surface area contributed by atoms with Crippen molar-refractivity contribution in [1.82, 2.24) is 0 Å². The molecule has 2 atom stereocenters. The van der Waals surface area contributed by atoms with Crippen molar-refractivity contribution in [3.63, 3.8) is 0 Å². The summed E-state index contributed by atoms with van der Waals surface area (Å²) >= 11 is 7.41. The minimum atomic E-state index is 0.481. The highest BCUT2D eigenvalue weighted by Crippen LogP contribution is 2.48. The largest absolute Gasteiger partial charge is 0.456 e. The van der Waals surface area contributed by atoms with E-state index in [1.807, 2.05) is 0 Å². The summed E-state index contributed by atoms with van der Waals surface area (Å²) in [4.78, 5) is 0. The maximum Gasteiger partial charge on any atom is 0.361 e. The predicted molar refractivity (Wildman–Crippen MR) is 224 cm³/mol. The molecule has 0 spiro atoms. The van der Waals surface area contributed by atoms with Gasteiger partial charge in [0.25, 0.3) is 0 Å². The monoisotopic (exact) mass is 723 g/mol. The highest BCUT2D eigenvalue weighted by atomic mass is 35.5. The van der Waals surface area contributed by atoms with Crippen LogP contribution in [0.4, 0.5) is 0 Å². The molecule has 2 unspecified atom stereocenters. The van der Waals surface area contributed by atoms with Gasteiger partial charge in [-0.3, -0.25) is 0 Å². The first kappa shape index (κ1) is 34.3. The van der Waals surface area contributed by atoms with Crippen LogP contribution in [-0.2, 0) is 11.2 Å². The summed E-state index contributed by atoms with van der Waals surface area (Å²) in [7, 11) is 0. The van der Waals surface area contributed by atoms with E-state index >= 15 is 0 Å². The van der Waals surface area contributed by atoms with Crippen LogP contribution >= 0.6 is 11.6 Å². The molecule has 4 aromatic carbocycles. The third kappa shape index (κ3) is 6.76. The van der Waals surface area contributed by atoms with Gasteiger partial charge in [-0.2, -0.15) is 0 Å². The summed E-state index contributed by atoms with van der Waals surface area (Å²) < 4.78 is 13.8. The first-order chi connectivity index (χ1) is 26.5. The highest BCUT2D eigenvalue weighted by molar-refractivity contribution is 6.33. The Morgan fingerprint density at radius 2 is 1.20 bits per heavy atom. The third-order valence-electron chi connectivity index (χ3n) is 11.2. The summed E-state index contributed by atoms with van der Waals surface area (Å²) in [6, 6.07) is 44.6. The molecule has 3 heteroatoms. The van der Waals surface area contributed by atoms with Gasteiger partial charge >= 0.3 is 11.5 Å². The van der Waals surface area contributed by atoms with Crippen molar-refractivity contribution in [3.05, 3.63) is 201 Å². The lowest BCUT2D eigenvalue weighted by atomic mass is 9.80. The molecule has 0 radical (unpaired) electrons. The van der Waals surface area contributed by atoms with Gasteiger partial charge in [0.05, 0.1) is 22.8 Å². The van der Waals surface area contributed by atoms with E-state index in [-0.39, 0.29) is 0 Å². The van der Waals surface area contributed by atoms with Crippen LogP contribution in [0, 0.1) is 11.8 Å². The summed E-state index contributed by atoms with van der Waals surface area (Å²) in [5, 5.41) is 0.861. The van der Waals surface area contributed by atoms with E-state index in [4.69, 9.17) is 20.8 Å². The Balaban J connectivity index is 1.14. The first-order valence-electron chi connectivity index (χ1n) is 19.4. The minimum absolute atomic E-state index is 0.481. The normalized spacial score (nSPS) is 21.3. The molecule has 0 amide bonds. The van der Waals surface area contributed by atoms with Crippen molar-refractivity contribution in [2.24, 2.45) is 11.8 Å². The fourth-order valence-corrected chi connectivity index (χ4v) is 8.96. The van der Waals surface area contributed by atoms with E-state index in [0.717, 1.165) is 77.7 Å². The number of rotatable bonds is 6. The highest BCUT2D eigenvalue weighted by Gasteiger charge is 2.35. The molecular formula is C51H44ClO2+. The summed E-state index contributed by atoms with van der Waals surface area (Å²) in [5.41, 5.74) is 14.5. The van der Waals surface area contributed by atoms with Crippen LogP contribution in [0.25, 0.3) is 39.4 Å². The van der Waals surface area contributed by atoms with Crippen molar-refractivity contribution in [3.8, 4) is 22.5 Å². The number of allylic oxidation sites excluding steroid dienone is 10. The number of benzene rings is 4. The second-order valence-corrected chi connectivity index (χ2v) is 15.7. The maximum absolute atomic E-state index is 7.41. The van der Waals surface area contributed by atoms with Gasteiger partial charge in [-0.15, -0.1) is 0 Å². The van der Waals surface area contributed by atoms with Gasteiger partial charge < -0.3 is 4.74 Å². The second kappa shape index (κ2) is 14.8. The molecule has 1 aromatic heterocycles. The topological polar surface area (TPSA) is 20.5 Å². The molecule has 0 saturated carbocycles. The molecule has 5 aromatic rings. The second-order valence-electron chi connectivity index (χ2n) is 15.4. The average molecular weight is 724 g/mol. The Kier molecular flexibility index (Phi) is 9.39. The molecule has 2 nitrogen and oxygen atoms in total. The SMILES string of the molecule is CC1CC(C=C2CCC(C=C3CC(C)Cc4c(-c5ccccc5)cc(-c5ccccc5)[o+]c43)=C2Cl)=C2OC(c3ccccc3)=CC(c3ccccc3)=C2C1. The van der Waals surface area contributed by atoms with Gasteiger partial charge in [0.15, 0.2) is 0 Å². The lowest BCUT2D eigenvalue weighted by molar-refractivity contribution is 0.358. The summed E-state index contributed by atoms with van der Waals surface area (Å²) in [6.45, 7) is 4.70. The zero-order valence-electron chi connectivity index (χ0n) is 30.9. The van der Waals surface area contributed by atoms with Gasteiger partial charge in [-0.05, 0) is 108 Å². The van der Waals surface area contributed by atoms with Crippen molar-refractivity contribution in [2.75, 3.05) is 0 Å². The Bertz CT molecular complexity index is 2410. The van der Waals surface area contributed by atoms with E-state index in [1.165, 1.54) is 55.7 Å². The van der Waals surface area contributed by atoms with Crippen molar-refractivity contribution in [2.45, 2.75) is 52.4 Å². The van der Waals surface area contributed by atoms with E-state index in [1.54, 1.807) is 0 Å². The molecule has 0 saturated heterocycles. The molecule has 3 aliphatic carbocycles. The lowest BCUT2D eigenvalue weighted by Crippen LogP contribution is -2.16. The molecule has 0 bridgehead atoms. The first-order valence-corrected chi connectivity index (χ1v) is 19.7. The average Bonchev–Trinajstić information content (AvgIpc) is 3.55. The molecule has 0 N–H and O–H groups in total. The van der Waals surface area contributed by atoms with Crippen LogP contribution < -0.4 is 0 Å². The molecule has 9 rings (SSSR count). The number of hydrogen-bond donors (Lipinski definition) is 0. The van der Waals surface area contributed by atoms with Crippen LogP contribution in [0.2, 0.25) is 0 Å². The molecule has 0 fully saturated rings. The standard InChI is InChI=1S/C51H44ClO2/c1-33-25-41(50-45(27-33)43(35-15-7-3-8-16-35)31-47(53-50)37-19-11-5-12-20-37)29-39-23-24-40(49(39)52)30-42-26-34(2)28-46-44(36-17-9-4-10-18-36)32-48(54-51(42)46)38-21-13-6-14-22-38/h3-22,29-34H,23-28H2,1-2H3/q+1. The molecule has 2 heterocycles. The molecular weight excluding hydrogens is 680 g/mol. The van der Waals surface area contributed by atoms with Gasteiger partial charge in [-0.1, -0.05) is 141 Å². The Hall–Kier alpha value is -5.44. The van der Waals surface area contributed by atoms with Gasteiger partial charge in [0, 0.05) is 21.7 Å². The fraction of sp³-hybridized carbons (Fsp3) is 0.196. The van der Waals surface area contributed by atoms with E-state index in [2.05, 4.69) is 159 Å². The van der Waals surface area contributed by atoms with Gasteiger partial charge in [0.2, 0.25) is 0 Å². The van der Waals surface area contributed by atoms with Crippen LogP contribution in [-0.4, -0.2) is 0 Å². The zero-order valence-corrected chi connectivity index (χ0v) is 31.7. The van der Waals surface area contributed by atoms with Crippen molar-refractivity contribution < 1.29 is 9.15 Å². The molecule has 4 aliphatic rings. The number of ether oxygens (including phenoxy) is 1. The van der Waals surface area contributed by atoms with Gasteiger partial charge in [-0.25, -0.2) is 4.42 Å². The summed E-state index contributed by atoms with van der Waals surface area (Å²) in [6.07, 6.45) is 12.6. The van der Waals surface area contributed by atoms with E-state index in [9.17, 15) is 0 Å². The zero-order chi connectivity index (χ0) is 36.6.